The quantitative estimate of drug-likeness (QED) is 0.608. The second-order valence-corrected chi connectivity index (χ2v) is 7.57. The lowest BCUT2D eigenvalue weighted by atomic mass is 9.80. The number of ether oxygens (including phenoxy) is 1. The van der Waals surface area contributed by atoms with Crippen molar-refractivity contribution in [1.82, 2.24) is 5.32 Å². The zero-order chi connectivity index (χ0) is 19.4. The van der Waals surface area contributed by atoms with Gasteiger partial charge in [0, 0.05) is 30.1 Å². The fourth-order valence-electron chi connectivity index (χ4n) is 3.91. The minimum atomic E-state index is -1.15. The molecule has 4 rings (SSSR count). The van der Waals surface area contributed by atoms with Crippen molar-refractivity contribution in [3.05, 3.63) is 95.0 Å². The molecule has 0 saturated carbocycles. The lowest BCUT2D eigenvalue weighted by Crippen LogP contribution is -2.52. The molecule has 2 N–H and O–H groups in total. The third-order valence-electron chi connectivity index (χ3n) is 5.38. The van der Waals surface area contributed by atoms with Gasteiger partial charge in [0.15, 0.2) is 0 Å². The summed E-state index contributed by atoms with van der Waals surface area (Å²) in [4.78, 5) is 0. The molecule has 1 aliphatic heterocycles. The highest BCUT2D eigenvalue weighted by atomic mass is 35.5. The van der Waals surface area contributed by atoms with Crippen LogP contribution in [0.5, 0.6) is 0 Å². The van der Waals surface area contributed by atoms with Gasteiger partial charge < -0.3 is 15.2 Å². The number of rotatable bonds is 5. The lowest BCUT2D eigenvalue weighted by molar-refractivity contribution is -0.124. The van der Waals surface area contributed by atoms with E-state index in [9.17, 15) is 5.11 Å². The van der Waals surface area contributed by atoms with Gasteiger partial charge >= 0.3 is 0 Å². The number of halogens is 2. The number of aliphatic hydroxyl groups is 1. The highest BCUT2D eigenvalue weighted by molar-refractivity contribution is 6.33. The van der Waals surface area contributed by atoms with E-state index in [1.165, 1.54) is 0 Å². The Balaban J connectivity index is 0.00000240. The van der Waals surface area contributed by atoms with Gasteiger partial charge in [-0.2, -0.15) is 0 Å². The first-order valence-corrected chi connectivity index (χ1v) is 9.99. The predicted molar refractivity (Wildman–Crippen MR) is 121 cm³/mol. The topological polar surface area (TPSA) is 41.5 Å². The molecule has 0 spiro atoms. The van der Waals surface area contributed by atoms with Gasteiger partial charge in [-0.05, 0) is 22.8 Å². The molecule has 0 bridgehead atoms. The zero-order valence-corrected chi connectivity index (χ0v) is 17.6. The number of hydrogen-bond donors (Lipinski definition) is 2. The molecular weight excluding hydrogens is 405 g/mol. The third-order valence-corrected chi connectivity index (χ3v) is 5.70. The van der Waals surface area contributed by atoms with Crippen molar-refractivity contribution in [1.29, 1.82) is 0 Å². The summed E-state index contributed by atoms with van der Waals surface area (Å²) >= 11 is 6.47. The van der Waals surface area contributed by atoms with Crippen LogP contribution in [0.15, 0.2) is 78.9 Å². The average molecular weight is 430 g/mol. The molecule has 3 nitrogen and oxygen atoms in total. The second-order valence-electron chi connectivity index (χ2n) is 7.17. The highest BCUT2D eigenvalue weighted by Gasteiger charge is 2.40. The summed E-state index contributed by atoms with van der Waals surface area (Å²) < 4.78 is 6.00. The Kier molecular flexibility index (Phi) is 7.33. The maximum Gasteiger partial charge on any atom is 0.121 e. The lowest BCUT2D eigenvalue weighted by Gasteiger charge is -2.39. The minimum absolute atomic E-state index is 0. The normalized spacial score (nSPS) is 18.5. The van der Waals surface area contributed by atoms with Crippen LogP contribution in [-0.2, 0) is 16.8 Å². The monoisotopic (exact) mass is 429 g/mol. The van der Waals surface area contributed by atoms with Crippen LogP contribution in [0.1, 0.15) is 11.1 Å². The van der Waals surface area contributed by atoms with Crippen molar-refractivity contribution in [3.63, 3.8) is 0 Å². The molecule has 2 atom stereocenters. The predicted octanol–water partition coefficient (Wildman–Crippen LogP) is 4.85. The summed E-state index contributed by atoms with van der Waals surface area (Å²) in [5.74, 6) is 0. The summed E-state index contributed by atoms with van der Waals surface area (Å²) in [7, 11) is 0. The first-order valence-electron chi connectivity index (χ1n) is 9.61. The number of morpholine rings is 1. The molecule has 0 amide bonds. The van der Waals surface area contributed by atoms with Crippen LogP contribution in [0.25, 0.3) is 11.1 Å². The zero-order valence-electron chi connectivity index (χ0n) is 16.1. The van der Waals surface area contributed by atoms with E-state index >= 15 is 0 Å². The Morgan fingerprint density at radius 1 is 0.931 bits per heavy atom. The standard InChI is InChI=1S/C24H24ClNO2.ClH/c25-22-13-7-6-12-21(22)20-11-5-4-8-18(20)16-24(27,19-9-2-1-3-10-19)23-17-26-14-15-28-23;/h1-13,23,26-27H,14-17H2;1H. The van der Waals surface area contributed by atoms with Crippen LogP contribution < -0.4 is 5.32 Å². The molecule has 2 unspecified atom stereocenters. The molecule has 3 aromatic carbocycles. The van der Waals surface area contributed by atoms with Crippen LogP contribution in [0.3, 0.4) is 0 Å². The summed E-state index contributed by atoms with van der Waals surface area (Å²) in [5, 5.41) is 16.0. The van der Waals surface area contributed by atoms with E-state index in [4.69, 9.17) is 16.3 Å². The van der Waals surface area contributed by atoms with Gasteiger partial charge in [0.05, 0.1) is 6.61 Å². The van der Waals surface area contributed by atoms with Gasteiger partial charge in [-0.3, -0.25) is 0 Å². The maximum absolute atomic E-state index is 11.9. The molecule has 5 heteroatoms. The number of hydrogen-bond acceptors (Lipinski definition) is 3. The molecule has 29 heavy (non-hydrogen) atoms. The largest absolute Gasteiger partial charge is 0.382 e. The van der Waals surface area contributed by atoms with E-state index in [0.717, 1.165) is 28.8 Å². The second kappa shape index (κ2) is 9.75. The van der Waals surface area contributed by atoms with Crippen molar-refractivity contribution in [3.8, 4) is 11.1 Å². The van der Waals surface area contributed by atoms with Crippen molar-refractivity contribution >= 4 is 24.0 Å². The van der Waals surface area contributed by atoms with Gasteiger partial charge in [-0.1, -0.05) is 84.4 Å². The van der Waals surface area contributed by atoms with Crippen molar-refractivity contribution in [2.45, 2.75) is 18.1 Å². The first kappa shape index (κ1) is 21.8. The molecule has 1 heterocycles. The SMILES string of the molecule is Cl.OC(Cc1ccccc1-c1ccccc1Cl)(c1ccccc1)C1CNCCO1. The van der Waals surface area contributed by atoms with Gasteiger partial charge in [0.1, 0.15) is 11.7 Å². The molecule has 1 saturated heterocycles. The van der Waals surface area contributed by atoms with E-state index in [0.29, 0.717) is 24.6 Å². The molecule has 0 radical (unpaired) electrons. The summed E-state index contributed by atoms with van der Waals surface area (Å²) in [6.45, 7) is 2.00. The molecule has 3 aromatic rings. The molecule has 1 fully saturated rings. The van der Waals surface area contributed by atoms with Gasteiger partial charge in [0.25, 0.3) is 0 Å². The minimum Gasteiger partial charge on any atom is -0.382 e. The smallest absolute Gasteiger partial charge is 0.121 e. The molecule has 0 aromatic heterocycles. The Bertz CT molecular complexity index is 929. The average Bonchev–Trinajstić information content (AvgIpc) is 2.76. The summed E-state index contributed by atoms with van der Waals surface area (Å²) in [6, 6.07) is 25.7. The van der Waals surface area contributed by atoms with Crippen molar-refractivity contribution in [2.75, 3.05) is 19.7 Å². The van der Waals surface area contributed by atoms with Crippen molar-refractivity contribution < 1.29 is 9.84 Å². The summed E-state index contributed by atoms with van der Waals surface area (Å²) in [5.41, 5.74) is 2.75. The van der Waals surface area contributed by atoms with E-state index < -0.39 is 5.60 Å². The molecule has 152 valence electrons. The van der Waals surface area contributed by atoms with E-state index in [-0.39, 0.29) is 18.5 Å². The third kappa shape index (κ3) is 4.66. The fraction of sp³-hybridized carbons (Fsp3) is 0.250. The molecule has 1 aliphatic rings. The van der Waals surface area contributed by atoms with Crippen LogP contribution in [0.4, 0.5) is 0 Å². The van der Waals surface area contributed by atoms with Gasteiger partial charge in [-0.25, -0.2) is 0 Å². The maximum atomic E-state index is 11.9. The molecule has 0 aliphatic carbocycles. The van der Waals surface area contributed by atoms with Gasteiger partial charge in [0.2, 0.25) is 0 Å². The Hall–Kier alpha value is -1.88. The van der Waals surface area contributed by atoms with E-state index in [1.54, 1.807) is 0 Å². The number of benzene rings is 3. The first-order chi connectivity index (χ1) is 13.7. The van der Waals surface area contributed by atoms with Gasteiger partial charge in [-0.15, -0.1) is 12.4 Å². The fourth-order valence-corrected chi connectivity index (χ4v) is 4.15. The summed E-state index contributed by atoms with van der Waals surface area (Å²) in [6.07, 6.45) is 0.105. The van der Waals surface area contributed by atoms with E-state index in [2.05, 4.69) is 17.4 Å². The molecular formula is C24H25Cl2NO2. The van der Waals surface area contributed by atoms with E-state index in [1.807, 2.05) is 66.7 Å². The van der Waals surface area contributed by atoms with Crippen LogP contribution in [-0.4, -0.2) is 30.9 Å². The Morgan fingerprint density at radius 2 is 1.59 bits per heavy atom. The van der Waals surface area contributed by atoms with Crippen LogP contribution >= 0.6 is 24.0 Å². The van der Waals surface area contributed by atoms with Crippen molar-refractivity contribution in [2.24, 2.45) is 0 Å². The highest BCUT2D eigenvalue weighted by Crippen LogP contribution is 2.37. The Labute approximate surface area is 183 Å². The number of nitrogens with one attached hydrogen (secondary N) is 1. The van der Waals surface area contributed by atoms with Crippen LogP contribution in [0, 0.1) is 0 Å². The Morgan fingerprint density at radius 3 is 2.28 bits per heavy atom. The van der Waals surface area contributed by atoms with Crippen LogP contribution in [0.2, 0.25) is 5.02 Å².